The number of aliphatic imine (C=N–C) groups is 1. The number of carboxylic acid groups (broad SMARTS) is 2. The largest absolute Gasteiger partial charge is 0.508 e. The SMILES string of the molecule is CCC(C)[C@H](CC(=O)CN1C/C=C\CCC(=O)N[C@@H](C)C(=O)C[C@@H](CCC(=O)O)C1=O)C(=O)N[C@@H](Cc1ccc(O)cc1)C(=O)C[C@@H](CCCN=C(N)N)C(=O)N[C@@H](CC(C)C)C(=O)C[C@@H](CCC(=O)O)C(=O)NC. The number of aromatic hydroxyl groups is 1. The number of Topliss-reactive ketones (excluding diaryl/α,β-unsaturated/α-hetero) is 4. The number of phenolic OH excluding ortho intramolecular Hbond substituents is 1. The van der Waals surface area contributed by atoms with Crippen molar-refractivity contribution in [2.75, 3.05) is 26.7 Å². The second-order valence-electron chi connectivity index (χ2n) is 19.9. The number of allylic oxidation sites excluding steroid dienone is 1. The molecule has 2 rings (SSSR count). The van der Waals surface area contributed by atoms with Gasteiger partial charge in [0, 0.05) is 88.8 Å². The Morgan fingerprint density at radius 2 is 1.44 bits per heavy atom. The van der Waals surface area contributed by atoms with Crippen LogP contribution in [-0.2, 0) is 59.2 Å². The Morgan fingerprint density at radius 1 is 0.827 bits per heavy atom. The van der Waals surface area contributed by atoms with Crippen molar-refractivity contribution < 1.29 is 68.1 Å². The molecule has 11 N–H and O–H groups in total. The highest BCUT2D eigenvalue weighted by Gasteiger charge is 2.36. The van der Waals surface area contributed by atoms with Gasteiger partial charge in [0.2, 0.25) is 29.5 Å². The number of nitrogens with two attached hydrogens (primary N) is 2. The summed E-state index contributed by atoms with van der Waals surface area (Å²) in [5.74, 6) is -12.5. The summed E-state index contributed by atoms with van der Waals surface area (Å²) in [4.78, 5) is 152. The van der Waals surface area contributed by atoms with Gasteiger partial charge in [0.15, 0.2) is 29.1 Å². The van der Waals surface area contributed by atoms with E-state index in [1.807, 2.05) is 20.8 Å². The number of benzene rings is 1. The molecule has 0 aliphatic carbocycles. The number of amides is 5. The molecule has 8 atom stereocenters. The lowest BCUT2D eigenvalue weighted by molar-refractivity contribution is -0.143. The van der Waals surface area contributed by atoms with E-state index in [9.17, 15) is 68.1 Å². The van der Waals surface area contributed by atoms with Gasteiger partial charge in [-0.15, -0.1) is 0 Å². The number of ketones is 4. The minimum absolute atomic E-state index is 0.0457. The third-order valence-corrected chi connectivity index (χ3v) is 13.3. The lowest BCUT2D eigenvalue weighted by atomic mass is 9.85. The average molecular weight is 1050 g/mol. The van der Waals surface area contributed by atoms with Crippen molar-refractivity contribution >= 4 is 70.6 Å². The van der Waals surface area contributed by atoms with Gasteiger partial charge in [-0.3, -0.25) is 57.7 Å². The fourth-order valence-corrected chi connectivity index (χ4v) is 8.70. The molecular weight excluding hydrogens is 973 g/mol. The van der Waals surface area contributed by atoms with Crippen LogP contribution in [0.5, 0.6) is 5.75 Å². The van der Waals surface area contributed by atoms with E-state index in [0.29, 0.717) is 12.0 Å². The molecule has 416 valence electrons. The Morgan fingerprint density at radius 3 is 2.03 bits per heavy atom. The van der Waals surface area contributed by atoms with Crippen molar-refractivity contribution in [2.45, 2.75) is 149 Å². The van der Waals surface area contributed by atoms with Gasteiger partial charge in [-0.05, 0) is 81.4 Å². The van der Waals surface area contributed by atoms with Gasteiger partial charge in [-0.25, -0.2) is 0 Å². The van der Waals surface area contributed by atoms with E-state index >= 15 is 0 Å². The first-order valence-electron chi connectivity index (χ1n) is 25.8. The average Bonchev–Trinajstić information content (AvgIpc) is 3.35. The van der Waals surface area contributed by atoms with Gasteiger partial charge in [0.1, 0.15) is 5.75 Å². The lowest BCUT2D eigenvalue weighted by Crippen LogP contribution is -2.49. The van der Waals surface area contributed by atoms with Crippen LogP contribution in [0.25, 0.3) is 0 Å². The molecule has 0 aromatic heterocycles. The number of carbonyl (C=O) groups excluding carboxylic acids is 9. The van der Waals surface area contributed by atoms with Crippen molar-refractivity contribution in [1.29, 1.82) is 0 Å². The zero-order chi connectivity index (χ0) is 56.4. The van der Waals surface area contributed by atoms with Gasteiger partial charge >= 0.3 is 11.9 Å². The van der Waals surface area contributed by atoms with Crippen LogP contribution in [0.4, 0.5) is 0 Å². The first-order chi connectivity index (χ1) is 35.3. The van der Waals surface area contributed by atoms with E-state index in [2.05, 4.69) is 26.3 Å². The molecule has 5 amide bonds. The molecule has 0 fully saturated rings. The van der Waals surface area contributed by atoms with Gasteiger partial charge in [-0.1, -0.05) is 58.4 Å². The Hall–Kier alpha value is -7.00. The first-order valence-corrected chi connectivity index (χ1v) is 25.8. The smallest absolute Gasteiger partial charge is 0.303 e. The predicted molar refractivity (Wildman–Crippen MR) is 277 cm³/mol. The topological polar surface area (TPSA) is 364 Å². The normalized spacial score (nSPS) is 18.2. The molecule has 0 saturated carbocycles. The highest BCUT2D eigenvalue weighted by molar-refractivity contribution is 5.97. The second-order valence-corrected chi connectivity index (χ2v) is 19.9. The zero-order valence-electron chi connectivity index (χ0n) is 44.3. The summed E-state index contributed by atoms with van der Waals surface area (Å²) < 4.78 is 0. The number of carboxylic acids is 2. The van der Waals surface area contributed by atoms with Crippen molar-refractivity contribution in [1.82, 2.24) is 26.2 Å². The summed E-state index contributed by atoms with van der Waals surface area (Å²) in [6.45, 7) is 8.15. The highest BCUT2D eigenvalue weighted by Crippen LogP contribution is 2.25. The van der Waals surface area contributed by atoms with Crippen LogP contribution in [0.3, 0.4) is 0 Å². The van der Waals surface area contributed by atoms with Crippen LogP contribution < -0.4 is 32.7 Å². The molecule has 75 heavy (non-hydrogen) atoms. The van der Waals surface area contributed by atoms with Crippen molar-refractivity contribution in [3.63, 3.8) is 0 Å². The molecule has 22 heteroatoms. The van der Waals surface area contributed by atoms with E-state index in [4.69, 9.17) is 11.5 Å². The maximum atomic E-state index is 14.7. The van der Waals surface area contributed by atoms with Gasteiger partial charge in [0.25, 0.3) is 0 Å². The molecule has 0 bridgehead atoms. The van der Waals surface area contributed by atoms with E-state index < -0.39 is 126 Å². The molecule has 1 aliphatic heterocycles. The number of phenols is 1. The Balaban J connectivity index is 2.54. The number of aliphatic carboxylic acids is 2. The van der Waals surface area contributed by atoms with Crippen molar-refractivity contribution in [3.8, 4) is 5.75 Å². The Bertz CT molecular complexity index is 2210. The fraction of sp³-hybridized carbons (Fsp3) is 0.623. The summed E-state index contributed by atoms with van der Waals surface area (Å²) in [6.07, 6.45) is 1.56. The molecule has 22 nitrogen and oxygen atoms in total. The van der Waals surface area contributed by atoms with Gasteiger partial charge in [-0.2, -0.15) is 0 Å². The zero-order valence-corrected chi connectivity index (χ0v) is 44.3. The quantitative estimate of drug-likeness (QED) is 0.0223. The summed E-state index contributed by atoms with van der Waals surface area (Å²) in [7, 11) is 1.36. The third kappa shape index (κ3) is 24.3. The number of guanidine groups is 1. The lowest BCUT2D eigenvalue weighted by Gasteiger charge is -2.29. The summed E-state index contributed by atoms with van der Waals surface area (Å²) in [6, 6.07) is 2.54. The standard InChI is InChI=1S/C53H80N8O14/c1-7-32(4)40(29-39(63)30-61-23-10-8-9-13-46(67)58-33(5)43(64)28-37(52(61)75)17-21-48(70)71)51(74)60-42(25-34-14-18-38(62)19-15-34)45(66)26-35(12-11-22-57-53(54)55)50(73)59-41(24-31(2)3)44(65)27-36(49(72)56-6)16-20-47(68)69/h8,10,14-15,18-19,31-33,35-37,40-42,62H,7,9,11-13,16-17,20-30H2,1-6H3,(H,56,72)(H,58,67)(H,59,73)(H,60,74)(H,68,69)(H,70,71)(H4,54,55,57)/b10-8-/t32?,33-,35+,36+,37+,40-,41-,42-/m0/s1. The molecule has 1 heterocycles. The van der Waals surface area contributed by atoms with Gasteiger partial charge < -0.3 is 53.0 Å². The molecular formula is C53H80N8O14. The Labute approximate surface area is 439 Å². The third-order valence-electron chi connectivity index (χ3n) is 13.3. The number of hydrogen-bond acceptors (Lipinski definition) is 13. The minimum Gasteiger partial charge on any atom is -0.508 e. The molecule has 1 unspecified atom stereocenters. The molecule has 1 aromatic carbocycles. The number of rotatable bonds is 31. The number of carbonyl (C=O) groups is 11. The van der Waals surface area contributed by atoms with Crippen LogP contribution >= 0.6 is 0 Å². The first kappa shape index (κ1) is 64.1. The minimum atomic E-state index is -1.30. The number of nitrogens with one attached hydrogen (secondary N) is 4. The van der Waals surface area contributed by atoms with Crippen molar-refractivity contribution in [3.05, 3.63) is 42.0 Å². The van der Waals surface area contributed by atoms with Crippen molar-refractivity contribution in [2.24, 2.45) is 52.0 Å². The highest BCUT2D eigenvalue weighted by atomic mass is 16.4. The maximum absolute atomic E-state index is 14.7. The fourth-order valence-electron chi connectivity index (χ4n) is 8.70. The van der Waals surface area contributed by atoms with Crippen LogP contribution in [0.15, 0.2) is 41.4 Å². The molecule has 0 saturated heterocycles. The molecule has 1 aliphatic rings. The predicted octanol–water partition coefficient (Wildman–Crippen LogP) is 2.51. The summed E-state index contributed by atoms with van der Waals surface area (Å²) >= 11 is 0. The van der Waals surface area contributed by atoms with E-state index in [0.717, 1.165) is 0 Å². The maximum Gasteiger partial charge on any atom is 0.303 e. The molecule has 0 spiro atoms. The Kier molecular flexibility index (Phi) is 28.2. The van der Waals surface area contributed by atoms with Gasteiger partial charge in [0.05, 0.1) is 24.7 Å². The second kappa shape index (κ2) is 33.0. The monoisotopic (exact) mass is 1050 g/mol. The molecule has 0 radical (unpaired) electrons. The van der Waals surface area contributed by atoms with E-state index in [-0.39, 0.29) is 114 Å². The van der Waals surface area contributed by atoms with Crippen LogP contribution in [0.1, 0.15) is 130 Å². The van der Waals surface area contributed by atoms with E-state index in [1.165, 1.54) is 31.0 Å². The summed E-state index contributed by atoms with van der Waals surface area (Å²) in [5.41, 5.74) is 11.6. The number of nitrogens with zero attached hydrogens (tertiary/aromatic N) is 2. The van der Waals surface area contributed by atoms with Crippen LogP contribution in [0, 0.1) is 35.5 Å². The summed E-state index contributed by atoms with van der Waals surface area (Å²) in [5, 5.41) is 39.5. The number of hydrogen-bond donors (Lipinski definition) is 9. The van der Waals surface area contributed by atoms with Crippen LogP contribution in [0.2, 0.25) is 0 Å². The van der Waals surface area contributed by atoms with Crippen LogP contribution in [-0.4, -0.2) is 136 Å². The van der Waals surface area contributed by atoms with E-state index in [1.54, 1.807) is 31.2 Å². The molecule has 1 aromatic rings.